The van der Waals surface area contributed by atoms with Gasteiger partial charge in [0.15, 0.2) is 0 Å². The van der Waals surface area contributed by atoms with Crippen LogP contribution in [0.15, 0.2) is 36.4 Å². The van der Waals surface area contributed by atoms with Crippen LogP contribution in [0.1, 0.15) is 44.5 Å². The molecule has 24 heavy (non-hydrogen) atoms. The third kappa shape index (κ3) is 2.72. The minimum absolute atomic E-state index is 0.333. The standard InChI is InChI=1S/C19H23BO4/c1-6-19(4)18(2,3)23-20(24-19)16-10-9-13-7-8-14(17(21)22-5)11-15(13)12-16/h7-12H,6H2,1-5H3. The molecule has 0 spiro atoms. The summed E-state index contributed by atoms with van der Waals surface area (Å²) in [5.41, 5.74) is 0.791. The number of fused-ring (bicyclic) bond motifs is 1. The SMILES string of the molecule is CCC1(C)OB(c2ccc3ccc(C(=O)OC)cc3c2)OC1(C)C. The van der Waals surface area contributed by atoms with E-state index in [0.29, 0.717) is 5.56 Å². The first kappa shape index (κ1) is 17.0. The third-order valence-corrected chi connectivity index (χ3v) is 5.27. The monoisotopic (exact) mass is 326 g/mol. The van der Waals surface area contributed by atoms with Crippen molar-refractivity contribution in [1.82, 2.24) is 0 Å². The van der Waals surface area contributed by atoms with E-state index in [0.717, 1.165) is 22.7 Å². The fourth-order valence-electron chi connectivity index (χ4n) is 3.10. The number of methoxy groups -OCH3 is 1. The van der Waals surface area contributed by atoms with Gasteiger partial charge in [0.1, 0.15) is 0 Å². The normalized spacial score (nSPS) is 22.8. The van der Waals surface area contributed by atoms with Crippen LogP contribution in [0.25, 0.3) is 10.8 Å². The Labute approximate surface area is 143 Å². The van der Waals surface area contributed by atoms with Crippen LogP contribution in [-0.2, 0) is 14.0 Å². The Morgan fingerprint density at radius 1 is 1.08 bits per heavy atom. The largest absolute Gasteiger partial charge is 0.494 e. The van der Waals surface area contributed by atoms with Crippen LogP contribution in [0.5, 0.6) is 0 Å². The van der Waals surface area contributed by atoms with E-state index in [4.69, 9.17) is 14.0 Å². The van der Waals surface area contributed by atoms with Crippen molar-refractivity contribution < 1.29 is 18.8 Å². The quantitative estimate of drug-likeness (QED) is 0.641. The van der Waals surface area contributed by atoms with Crippen LogP contribution in [0.4, 0.5) is 0 Å². The van der Waals surface area contributed by atoms with Gasteiger partial charge in [-0.15, -0.1) is 0 Å². The van der Waals surface area contributed by atoms with Crippen LogP contribution in [0, 0.1) is 0 Å². The molecule has 0 bridgehead atoms. The molecule has 1 aliphatic heterocycles. The molecule has 0 radical (unpaired) electrons. The number of hydrogen-bond acceptors (Lipinski definition) is 4. The second-order valence-corrected chi connectivity index (χ2v) is 6.98. The number of esters is 1. The minimum Gasteiger partial charge on any atom is -0.465 e. The zero-order valence-corrected chi connectivity index (χ0v) is 14.9. The Morgan fingerprint density at radius 2 is 1.79 bits per heavy atom. The predicted octanol–water partition coefficient (Wildman–Crippen LogP) is 3.32. The zero-order valence-electron chi connectivity index (χ0n) is 14.9. The highest BCUT2D eigenvalue weighted by molar-refractivity contribution is 6.62. The van der Waals surface area contributed by atoms with Crippen LogP contribution in [0.2, 0.25) is 0 Å². The van der Waals surface area contributed by atoms with E-state index in [1.54, 1.807) is 6.07 Å². The molecule has 1 unspecified atom stereocenters. The van der Waals surface area contributed by atoms with Crippen LogP contribution in [-0.4, -0.2) is 31.4 Å². The summed E-state index contributed by atoms with van der Waals surface area (Å²) in [4.78, 5) is 11.7. The van der Waals surface area contributed by atoms with Crippen molar-refractivity contribution >= 4 is 29.3 Å². The van der Waals surface area contributed by atoms with Gasteiger partial charge in [-0.3, -0.25) is 0 Å². The molecule has 1 atom stereocenters. The molecular weight excluding hydrogens is 303 g/mol. The summed E-state index contributed by atoms with van der Waals surface area (Å²) < 4.78 is 17.2. The molecular formula is C19H23BO4. The van der Waals surface area contributed by atoms with Crippen molar-refractivity contribution in [2.24, 2.45) is 0 Å². The number of rotatable bonds is 3. The Hall–Kier alpha value is -1.85. The summed E-state index contributed by atoms with van der Waals surface area (Å²) in [6.45, 7) is 8.32. The molecule has 3 rings (SSSR count). The second-order valence-electron chi connectivity index (χ2n) is 6.98. The molecule has 0 aliphatic carbocycles. The van der Waals surface area contributed by atoms with Gasteiger partial charge in [0.25, 0.3) is 0 Å². The highest BCUT2D eigenvalue weighted by Crippen LogP contribution is 2.39. The third-order valence-electron chi connectivity index (χ3n) is 5.27. The zero-order chi connectivity index (χ0) is 17.5. The Morgan fingerprint density at radius 3 is 2.42 bits per heavy atom. The summed E-state index contributed by atoms with van der Waals surface area (Å²) >= 11 is 0. The molecule has 1 fully saturated rings. The Balaban J connectivity index is 1.98. The maximum absolute atomic E-state index is 11.7. The first-order valence-corrected chi connectivity index (χ1v) is 8.27. The second kappa shape index (κ2) is 5.90. The molecule has 0 aromatic heterocycles. The summed E-state index contributed by atoms with van der Waals surface area (Å²) in [6, 6.07) is 11.6. The molecule has 126 valence electrons. The lowest BCUT2D eigenvalue weighted by molar-refractivity contribution is -0.0118. The molecule has 1 aliphatic rings. The summed E-state index contributed by atoms with van der Waals surface area (Å²) in [5.74, 6) is -0.338. The Bertz CT molecular complexity index is 786. The van der Waals surface area contributed by atoms with Crippen molar-refractivity contribution in [1.29, 1.82) is 0 Å². The van der Waals surface area contributed by atoms with Crippen LogP contribution >= 0.6 is 0 Å². The van der Waals surface area contributed by atoms with Gasteiger partial charge in [0.2, 0.25) is 0 Å². The first-order chi connectivity index (χ1) is 11.3. The van der Waals surface area contributed by atoms with Crippen molar-refractivity contribution in [2.45, 2.75) is 45.3 Å². The highest BCUT2D eigenvalue weighted by Gasteiger charge is 2.53. The topological polar surface area (TPSA) is 44.8 Å². The lowest BCUT2D eigenvalue weighted by atomic mass is 9.78. The van der Waals surface area contributed by atoms with Gasteiger partial charge in [-0.25, -0.2) is 4.79 Å². The van der Waals surface area contributed by atoms with E-state index in [2.05, 4.69) is 27.7 Å². The van der Waals surface area contributed by atoms with Crippen molar-refractivity contribution in [3.05, 3.63) is 42.0 Å². The average molecular weight is 326 g/mol. The maximum Gasteiger partial charge on any atom is 0.494 e. The van der Waals surface area contributed by atoms with Gasteiger partial charge in [-0.2, -0.15) is 0 Å². The number of hydrogen-bond donors (Lipinski definition) is 0. The molecule has 0 amide bonds. The van der Waals surface area contributed by atoms with Gasteiger partial charge < -0.3 is 14.0 Å². The number of ether oxygens (including phenoxy) is 1. The fourth-order valence-corrected chi connectivity index (χ4v) is 3.10. The summed E-state index contributed by atoms with van der Waals surface area (Å²) in [6.07, 6.45) is 0.872. The summed E-state index contributed by atoms with van der Waals surface area (Å²) in [5, 5.41) is 2.02. The highest BCUT2D eigenvalue weighted by atomic mass is 16.7. The van der Waals surface area contributed by atoms with E-state index in [9.17, 15) is 4.79 Å². The van der Waals surface area contributed by atoms with Gasteiger partial charge in [-0.05, 0) is 55.6 Å². The fraction of sp³-hybridized carbons (Fsp3) is 0.421. The molecule has 0 saturated carbocycles. The smallest absolute Gasteiger partial charge is 0.465 e. The molecule has 2 aromatic rings. The lowest BCUT2D eigenvalue weighted by Gasteiger charge is -2.35. The molecule has 2 aromatic carbocycles. The van der Waals surface area contributed by atoms with E-state index in [-0.39, 0.29) is 17.2 Å². The van der Waals surface area contributed by atoms with Gasteiger partial charge >= 0.3 is 13.1 Å². The molecule has 5 heteroatoms. The van der Waals surface area contributed by atoms with Gasteiger partial charge in [0.05, 0.1) is 23.9 Å². The number of carbonyl (C=O) groups excluding carboxylic acids is 1. The van der Waals surface area contributed by atoms with Crippen LogP contribution < -0.4 is 5.46 Å². The Kier molecular flexibility index (Phi) is 4.18. The van der Waals surface area contributed by atoms with Crippen LogP contribution in [0.3, 0.4) is 0 Å². The molecule has 0 N–H and O–H groups in total. The molecule has 1 heterocycles. The van der Waals surface area contributed by atoms with Crippen molar-refractivity contribution in [3.63, 3.8) is 0 Å². The lowest BCUT2D eigenvalue weighted by Crippen LogP contribution is -2.44. The van der Waals surface area contributed by atoms with E-state index in [1.165, 1.54) is 7.11 Å². The molecule has 4 nitrogen and oxygen atoms in total. The van der Waals surface area contributed by atoms with Gasteiger partial charge in [0, 0.05) is 0 Å². The van der Waals surface area contributed by atoms with Crippen molar-refractivity contribution in [2.75, 3.05) is 7.11 Å². The number of carbonyl (C=O) groups is 1. The predicted molar refractivity (Wildman–Crippen MR) is 95.6 cm³/mol. The average Bonchev–Trinajstić information content (AvgIpc) is 2.83. The summed E-state index contributed by atoms with van der Waals surface area (Å²) in [7, 11) is 0.979. The maximum atomic E-state index is 11.7. The number of benzene rings is 2. The van der Waals surface area contributed by atoms with Crippen molar-refractivity contribution in [3.8, 4) is 0 Å². The van der Waals surface area contributed by atoms with Gasteiger partial charge in [-0.1, -0.05) is 31.2 Å². The minimum atomic E-state index is -0.406. The molecule has 1 saturated heterocycles. The van der Waals surface area contributed by atoms with E-state index >= 15 is 0 Å². The van der Waals surface area contributed by atoms with E-state index in [1.807, 2.05) is 30.3 Å². The van der Waals surface area contributed by atoms with E-state index < -0.39 is 7.12 Å². The first-order valence-electron chi connectivity index (χ1n) is 8.27.